The molecular formula is C34H38O7S. The Morgan fingerprint density at radius 2 is 1.45 bits per heavy atom. The first kappa shape index (κ1) is 30.9. The molecule has 1 atom stereocenters. The molecule has 222 valence electrons. The van der Waals surface area contributed by atoms with Crippen molar-refractivity contribution in [3.63, 3.8) is 0 Å². The molecule has 0 amide bonds. The third kappa shape index (κ3) is 7.42. The van der Waals surface area contributed by atoms with Gasteiger partial charge in [-0.1, -0.05) is 29.8 Å². The van der Waals surface area contributed by atoms with E-state index in [9.17, 15) is 9.00 Å². The van der Waals surface area contributed by atoms with Gasteiger partial charge in [0.2, 0.25) is 11.5 Å². The normalized spacial score (nSPS) is 11.6. The van der Waals surface area contributed by atoms with Gasteiger partial charge in [-0.25, -0.2) is 4.21 Å². The molecule has 0 aromatic heterocycles. The Bertz CT molecular complexity index is 1550. The molecule has 0 heterocycles. The third-order valence-corrected chi connectivity index (χ3v) is 7.98. The molecule has 0 saturated heterocycles. The van der Waals surface area contributed by atoms with Gasteiger partial charge in [0.1, 0.15) is 5.75 Å². The summed E-state index contributed by atoms with van der Waals surface area (Å²) in [7, 11) is 0.0887. The number of fused-ring (bicyclic) bond motifs is 1. The molecule has 8 heteroatoms. The second kappa shape index (κ2) is 14.7. The summed E-state index contributed by atoms with van der Waals surface area (Å²) in [5.41, 5.74) is 2.55. The maximum absolute atomic E-state index is 13.5. The zero-order valence-electron chi connectivity index (χ0n) is 24.9. The summed E-state index contributed by atoms with van der Waals surface area (Å²) in [6, 6.07) is 21.0. The molecule has 0 radical (unpaired) electrons. The number of methoxy groups -OCH3 is 1. The quantitative estimate of drug-likeness (QED) is 0.0857. The molecule has 0 bridgehead atoms. The topological polar surface area (TPSA) is 80.3 Å². The Kier molecular flexibility index (Phi) is 10.8. The van der Waals surface area contributed by atoms with E-state index < -0.39 is 16.8 Å². The minimum Gasteiger partial charge on any atom is -0.497 e. The number of carbonyl (C=O) groups excluding carboxylic acids is 1. The number of aryl methyl sites for hydroxylation is 2. The molecule has 0 spiro atoms. The lowest BCUT2D eigenvalue weighted by atomic mass is 10.1. The van der Waals surface area contributed by atoms with E-state index in [1.807, 2.05) is 19.9 Å². The summed E-state index contributed by atoms with van der Waals surface area (Å²) < 4.78 is 42.9. The second-order valence-electron chi connectivity index (χ2n) is 9.72. The Balaban J connectivity index is 1.73. The van der Waals surface area contributed by atoms with Crippen LogP contribution in [0.4, 0.5) is 0 Å². The first-order valence-corrected chi connectivity index (χ1v) is 15.3. The van der Waals surface area contributed by atoms with Gasteiger partial charge in [0.15, 0.2) is 11.5 Å². The first-order chi connectivity index (χ1) is 20.4. The van der Waals surface area contributed by atoms with Crippen LogP contribution >= 0.6 is 0 Å². The summed E-state index contributed by atoms with van der Waals surface area (Å²) in [6.45, 7) is 8.28. The van der Waals surface area contributed by atoms with E-state index >= 15 is 0 Å². The van der Waals surface area contributed by atoms with Crippen molar-refractivity contribution in [3.05, 3.63) is 77.9 Å². The summed E-state index contributed by atoms with van der Waals surface area (Å²) in [6.07, 6.45) is 2.75. The highest BCUT2D eigenvalue weighted by Gasteiger charge is 2.26. The predicted octanol–water partition coefficient (Wildman–Crippen LogP) is 7.45. The van der Waals surface area contributed by atoms with Crippen molar-refractivity contribution in [1.29, 1.82) is 0 Å². The third-order valence-electron chi connectivity index (χ3n) is 6.60. The van der Waals surface area contributed by atoms with Crippen molar-refractivity contribution in [2.45, 2.75) is 56.7 Å². The van der Waals surface area contributed by atoms with Crippen LogP contribution in [0.5, 0.6) is 28.7 Å². The standard InChI is InChI=1S/C34H38O7S/c1-6-38-33-31(40-20-9-8-12-25-13-10-11-23(3)21-25)29-19-18-28(42(36)27-16-14-26(37-5)15-17-27)22-30(29)32(41-24(4)35)34(33)39-7-2/h10-11,13-19,21-22H,6-9,12,20H2,1-5H3. The number of rotatable bonds is 14. The highest BCUT2D eigenvalue weighted by atomic mass is 32.2. The van der Waals surface area contributed by atoms with Crippen LogP contribution in [0.3, 0.4) is 0 Å². The summed E-state index contributed by atoms with van der Waals surface area (Å²) >= 11 is 0. The Labute approximate surface area is 250 Å². The molecule has 0 aliphatic heterocycles. The number of carbonyl (C=O) groups is 1. The van der Waals surface area contributed by atoms with Crippen molar-refractivity contribution in [2.24, 2.45) is 0 Å². The van der Waals surface area contributed by atoms with E-state index in [1.165, 1.54) is 18.1 Å². The first-order valence-electron chi connectivity index (χ1n) is 14.2. The molecule has 4 aromatic rings. The highest BCUT2D eigenvalue weighted by molar-refractivity contribution is 7.85. The lowest BCUT2D eigenvalue weighted by Gasteiger charge is -2.21. The fraction of sp³-hybridized carbons (Fsp3) is 0.324. The number of unbranched alkanes of at least 4 members (excludes halogenated alkanes) is 1. The van der Waals surface area contributed by atoms with E-state index in [0.717, 1.165) is 19.3 Å². The van der Waals surface area contributed by atoms with Crippen LogP contribution in [0.15, 0.2) is 76.5 Å². The summed E-state index contributed by atoms with van der Waals surface area (Å²) in [5.74, 6) is 1.55. The molecule has 42 heavy (non-hydrogen) atoms. The maximum Gasteiger partial charge on any atom is 0.308 e. The van der Waals surface area contributed by atoms with E-state index in [-0.39, 0.29) is 11.5 Å². The van der Waals surface area contributed by atoms with E-state index in [2.05, 4.69) is 31.2 Å². The van der Waals surface area contributed by atoms with Crippen LogP contribution in [0.2, 0.25) is 0 Å². The number of esters is 1. The molecule has 1 unspecified atom stereocenters. The number of benzene rings is 4. The van der Waals surface area contributed by atoms with Gasteiger partial charge in [0.25, 0.3) is 0 Å². The van der Waals surface area contributed by atoms with Crippen molar-refractivity contribution >= 4 is 27.5 Å². The lowest BCUT2D eigenvalue weighted by molar-refractivity contribution is -0.131. The Morgan fingerprint density at radius 1 is 0.762 bits per heavy atom. The maximum atomic E-state index is 13.5. The van der Waals surface area contributed by atoms with Crippen LogP contribution in [0.1, 0.15) is 44.7 Å². The van der Waals surface area contributed by atoms with Crippen LogP contribution in [0, 0.1) is 6.92 Å². The average Bonchev–Trinajstić information content (AvgIpc) is 2.99. The van der Waals surface area contributed by atoms with Crippen LogP contribution in [-0.4, -0.2) is 37.1 Å². The molecule has 0 N–H and O–H groups in total. The zero-order valence-corrected chi connectivity index (χ0v) is 25.7. The van der Waals surface area contributed by atoms with Crippen molar-refractivity contribution < 1.29 is 32.7 Å². The van der Waals surface area contributed by atoms with Crippen LogP contribution < -0.4 is 23.7 Å². The van der Waals surface area contributed by atoms with Crippen molar-refractivity contribution in [2.75, 3.05) is 26.9 Å². The number of hydrogen-bond acceptors (Lipinski definition) is 7. The smallest absolute Gasteiger partial charge is 0.308 e. The molecule has 0 aliphatic carbocycles. The molecule has 0 aliphatic rings. The molecule has 4 rings (SSSR count). The minimum atomic E-state index is -1.50. The van der Waals surface area contributed by atoms with Crippen molar-refractivity contribution in [1.82, 2.24) is 0 Å². The van der Waals surface area contributed by atoms with Gasteiger partial charge in [-0.15, -0.1) is 0 Å². The minimum absolute atomic E-state index is 0.211. The van der Waals surface area contributed by atoms with Crippen molar-refractivity contribution in [3.8, 4) is 28.7 Å². The monoisotopic (exact) mass is 590 g/mol. The van der Waals surface area contributed by atoms with E-state index in [4.69, 9.17) is 23.7 Å². The molecular weight excluding hydrogens is 552 g/mol. The van der Waals surface area contributed by atoms with E-state index in [0.29, 0.717) is 57.6 Å². The number of hydrogen-bond donors (Lipinski definition) is 0. The van der Waals surface area contributed by atoms with Gasteiger partial charge < -0.3 is 23.7 Å². The molecule has 7 nitrogen and oxygen atoms in total. The van der Waals surface area contributed by atoms with Crippen LogP contribution in [-0.2, 0) is 22.0 Å². The fourth-order valence-electron chi connectivity index (χ4n) is 4.72. The zero-order chi connectivity index (χ0) is 30.1. The van der Waals surface area contributed by atoms with Gasteiger partial charge in [-0.05, 0) is 88.1 Å². The molecule has 0 fully saturated rings. The van der Waals surface area contributed by atoms with Crippen LogP contribution in [0.25, 0.3) is 10.8 Å². The lowest BCUT2D eigenvalue weighted by Crippen LogP contribution is -2.09. The van der Waals surface area contributed by atoms with E-state index in [1.54, 1.807) is 43.5 Å². The van der Waals surface area contributed by atoms with Gasteiger partial charge in [-0.3, -0.25) is 4.79 Å². The SMILES string of the molecule is CCOc1c(OCC)c(OC(C)=O)c2cc(S(=O)c3ccc(OC)cc3)ccc2c1OCCCCc1cccc(C)c1. The molecule has 4 aromatic carbocycles. The number of ether oxygens (including phenoxy) is 5. The molecule has 0 saturated carbocycles. The largest absolute Gasteiger partial charge is 0.497 e. The summed E-state index contributed by atoms with van der Waals surface area (Å²) in [4.78, 5) is 13.4. The predicted molar refractivity (Wildman–Crippen MR) is 165 cm³/mol. The van der Waals surface area contributed by atoms with Gasteiger partial charge in [0, 0.05) is 27.5 Å². The van der Waals surface area contributed by atoms with Gasteiger partial charge in [0.05, 0.1) is 37.7 Å². The van der Waals surface area contributed by atoms with Gasteiger partial charge >= 0.3 is 5.97 Å². The Morgan fingerprint density at radius 3 is 2.10 bits per heavy atom. The second-order valence-corrected chi connectivity index (χ2v) is 11.2. The van der Waals surface area contributed by atoms with Gasteiger partial charge in [-0.2, -0.15) is 0 Å². The highest BCUT2D eigenvalue weighted by Crippen LogP contribution is 2.52. The fourth-order valence-corrected chi connectivity index (χ4v) is 5.80. The Hall–Kier alpha value is -4.04. The summed E-state index contributed by atoms with van der Waals surface area (Å²) in [5, 5.41) is 1.22. The average molecular weight is 591 g/mol.